The molecule has 1 heterocycles. The van der Waals surface area contributed by atoms with Gasteiger partial charge in [-0.15, -0.1) is 10.2 Å². The Kier molecular flexibility index (Phi) is 3.20. The third kappa shape index (κ3) is 2.26. The molecule has 7 heteroatoms. The van der Waals surface area contributed by atoms with E-state index in [4.69, 9.17) is 5.73 Å². The van der Waals surface area contributed by atoms with Crippen molar-refractivity contribution in [1.29, 1.82) is 0 Å². The predicted octanol–water partition coefficient (Wildman–Crippen LogP) is 2.32. The number of nitrogen functional groups attached to an aromatic ring is 1. The topological polar surface area (TPSA) is 99.9 Å². The maximum absolute atomic E-state index is 10.9. The summed E-state index contributed by atoms with van der Waals surface area (Å²) in [5.41, 5.74) is 6.24. The van der Waals surface area contributed by atoms with Crippen LogP contribution in [0.5, 0.6) is 0 Å². The molecule has 0 bridgehead atoms. The molecular formula is C12H15N5O2. The molecule has 0 saturated heterocycles. The summed E-state index contributed by atoms with van der Waals surface area (Å²) in [5.74, 6) is 1.38. The van der Waals surface area contributed by atoms with Gasteiger partial charge in [-0.25, -0.2) is 0 Å². The normalized spacial score (nSPS) is 10.9. The number of anilines is 1. The van der Waals surface area contributed by atoms with Crippen molar-refractivity contribution < 1.29 is 4.92 Å². The number of hydrogen-bond donors (Lipinski definition) is 1. The number of aromatic nitrogens is 3. The summed E-state index contributed by atoms with van der Waals surface area (Å²) in [7, 11) is 0. The van der Waals surface area contributed by atoms with Crippen LogP contribution >= 0.6 is 0 Å². The van der Waals surface area contributed by atoms with E-state index in [0.29, 0.717) is 11.4 Å². The average Bonchev–Trinajstić information content (AvgIpc) is 2.71. The second-order valence-corrected chi connectivity index (χ2v) is 4.57. The molecule has 1 aromatic heterocycles. The number of nitro groups is 1. The van der Waals surface area contributed by atoms with E-state index in [2.05, 4.69) is 10.2 Å². The summed E-state index contributed by atoms with van der Waals surface area (Å²) in [5, 5.41) is 19.0. The molecule has 19 heavy (non-hydrogen) atoms. The largest absolute Gasteiger partial charge is 0.393 e. The van der Waals surface area contributed by atoms with Gasteiger partial charge in [-0.05, 0) is 32.9 Å². The number of nitrogens with two attached hydrogens (primary N) is 1. The number of nitro benzene ring substituents is 1. The van der Waals surface area contributed by atoms with Gasteiger partial charge >= 0.3 is 0 Å². The third-order valence-electron chi connectivity index (χ3n) is 2.87. The molecular weight excluding hydrogens is 246 g/mol. The van der Waals surface area contributed by atoms with Gasteiger partial charge in [0.05, 0.1) is 4.92 Å². The first-order valence-corrected chi connectivity index (χ1v) is 5.87. The number of nitrogens with zero attached hydrogens (tertiary/aromatic N) is 4. The Morgan fingerprint density at radius 3 is 2.63 bits per heavy atom. The molecule has 0 radical (unpaired) electrons. The van der Waals surface area contributed by atoms with Crippen molar-refractivity contribution in [3.63, 3.8) is 0 Å². The fraction of sp³-hybridized carbons (Fsp3) is 0.333. The minimum absolute atomic E-state index is 0.117. The van der Waals surface area contributed by atoms with Gasteiger partial charge in [0, 0.05) is 17.7 Å². The van der Waals surface area contributed by atoms with Crippen molar-refractivity contribution in [3.8, 4) is 11.4 Å². The van der Waals surface area contributed by atoms with Gasteiger partial charge in [0.15, 0.2) is 5.82 Å². The fourth-order valence-corrected chi connectivity index (χ4v) is 2.03. The lowest BCUT2D eigenvalue weighted by molar-refractivity contribution is -0.383. The van der Waals surface area contributed by atoms with Gasteiger partial charge in [0.25, 0.3) is 5.69 Å². The maximum Gasteiger partial charge on any atom is 0.292 e. The lowest BCUT2D eigenvalue weighted by Gasteiger charge is -2.12. The molecule has 2 rings (SSSR count). The van der Waals surface area contributed by atoms with Crippen LogP contribution in [0, 0.1) is 17.0 Å². The molecule has 0 aliphatic carbocycles. The zero-order valence-electron chi connectivity index (χ0n) is 11.0. The quantitative estimate of drug-likeness (QED) is 0.519. The second-order valence-electron chi connectivity index (χ2n) is 4.57. The summed E-state index contributed by atoms with van der Waals surface area (Å²) < 4.78 is 1.93. The molecule has 0 fully saturated rings. The van der Waals surface area contributed by atoms with E-state index in [1.54, 1.807) is 6.07 Å². The third-order valence-corrected chi connectivity index (χ3v) is 2.87. The first kappa shape index (κ1) is 13.0. The van der Waals surface area contributed by atoms with Gasteiger partial charge in [-0.2, -0.15) is 0 Å². The monoisotopic (exact) mass is 261 g/mol. The highest BCUT2D eigenvalue weighted by Gasteiger charge is 2.18. The van der Waals surface area contributed by atoms with Crippen molar-refractivity contribution >= 4 is 11.4 Å². The fourth-order valence-electron chi connectivity index (χ4n) is 2.03. The maximum atomic E-state index is 10.9. The van der Waals surface area contributed by atoms with Gasteiger partial charge in [-0.3, -0.25) is 10.1 Å². The Hall–Kier alpha value is -2.44. The first-order chi connectivity index (χ1) is 8.91. The zero-order valence-corrected chi connectivity index (χ0v) is 11.0. The summed E-state index contributed by atoms with van der Waals surface area (Å²) in [6.07, 6.45) is 0. The smallest absolute Gasteiger partial charge is 0.292 e. The lowest BCUT2D eigenvalue weighted by atomic mass is 10.1. The Morgan fingerprint density at radius 1 is 1.37 bits per heavy atom. The van der Waals surface area contributed by atoms with Crippen LogP contribution in [0.2, 0.25) is 0 Å². The molecule has 0 saturated carbocycles. The average molecular weight is 261 g/mol. The van der Waals surface area contributed by atoms with E-state index in [9.17, 15) is 10.1 Å². The number of benzene rings is 1. The molecule has 1 aromatic carbocycles. The summed E-state index contributed by atoms with van der Waals surface area (Å²) in [6.45, 7) is 5.86. The van der Waals surface area contributed by atoms with Crippen molar-refractivity contribution in [3.05, 3.63) is 34.1 Å². The van der Waals surface area contributed by atoms with Gasteiger partial charge in [0.2, 0.25) is 0 Å². The first-order valence-electron chi connectivity index (χ1n) is 5.87. The van der Waals surface area contributed by atoms with Crippen molar-refractivity contribution in [2.45, 2.75) is 26.8 Å². The van der Waals surface area contributed by atoms with E-state index >= 15 is 0 Å². The molecule has 7 nitrogen and oxygen atoms in total. The van der Waals surface area contributed by atoms with E-state index in [-0.39, 0.29) is 17.4 Å². The molecule has 0 amide bonds. The van der Waals surface area contributed by atoms with E-state index in [1.165, 1.54) is 12.1 Å². The minimum Gasteiger partial charge on any atom is -0.393 e. The number of rotatable bonds is 3. The van der Waals surface area contributed by atoms with Crippen LogP contribution < -0.4 is 5.73 Å². The summed E-state index contributed by atoms with van der Waals surface area (Å²) in [6, 6.07) is 4.83. The van der Waals surface area contributed by atoms with E-state index in [1.807, 2.05) is 25.3 Å². The summed E-state index contributed by atoms with van der Waals surface area (Å²) in [4.78, 5) is 10.4. The molecule has 2 aromatic rings. The van der Waals surface area contributed by atoms with Gasteiger partial charge < -0.3 is 10.3 Å². The van der Waals surface area contributed by atoms with Crippen molar-refractivity contribution in [2.75, 3.05) is 5.73 Å². The number of hydrogen-bond acceptors (Lipinski definition) is 5. The highest BCUT2D eigenvalue weighted by atomic mass is 16.6. The Labute approximate surface area is 110 Å². The molecule has 100 valence electrons. The molecule has 2 N–H and O–H groups in total. The summed E-state index contributed by atoms with van der Waals surface area (Å²) >= 11 is 0. The zero-order chi connectivity index (χ0) is 14.2. The second kappa shape index (κ2) is 4.68. The van der Waals surface area contributed by atoms with Crippen LogP contribution in [0.4, 0.5) is 11.4 Å². The van der Waals surface area contributed by atoms with E-state index < -0.39 is 4.92 Å². The van der Waals surface area contributed by atoms with Crippen LogP contribution in [-0.2, 0) is 0 Å². The predicted molar refractivity (Wildman–Crippen MR) is 71.6 cm³/mol. The SMILES string of the molecule is Cc1nnc(-c2ccc(N)c([N+](=O)[O-])c2)n1C(C)C. The highest BCUT2D eigenvalue weighted by molar-refractivity contribution is 5.68. The molecule has 0 aliphatic rings. The van der Waals surface area contributed by atoms with E-state index in [0.717, 1.165) is 5.82 Å². The molecule has 0 unspecified atom stereocenters. The van der Waals surface area contributed by atoms with Gasteiger partial charge in [-0.1, -0.05) is 0 Å². The standard InChI is InChI=1S/C12H15N5O2/c1-7(2)16-8(3)14-15-12(16)9-4-5-10(13)11(6-9)17(18)19/h4-7H,13H2,1-3H3. The Morgan fingerprint density at radius 2 is 2.05 bits per heavy atom. The number of aryl methyl sites for hydroxylation is 1. The highest BCUT2D eigenvalue weighted by Crippen LogP contribution is 2.29. The lowest BCUT2D eigenvalue weighted by Crippen LogP contribution is -2.05. The van der Waals surface area contributed by atoms with Crippen LogP contribution in [0.15, 0.2) is 18.2 Å². The minimum atomic E-state index is -0.498. The van der Waals surface area contributed by atoms with Crippen molar-refractivity contribution in [2.24, 2.45) is 0 Å². The van der Waals surface area contributed by atoms with Crippen molar-refractivity contribution in [1.82, 2.24) is 14.8 Å². The molecule has 0 atom stereocenters. The Bertz CT molecular complexity index is 633. The van der Waals surface area contributed by atoms with Gasteiger partial charge in [0.1, 0.15) is 11.5 Å². The molecule has 0 aliphatic heterocycles. The molecule has 0 spiro atoms. The van der Waals surface area contributed by atoms with Crippen LogP contribution in [-0.4, -0.2) is 19.7 Å². The van der Waals surface area contributed by atoms with Crippen LogP contribution in [0.3, 0.4) is 0 Å². The van der Waals surface area contributed by atoms with Crippen LogP contribution in [0.25, 0.3) is 11.4 Å². The van der Waals surface area contributed by atoms with Crippen LogP contribution in [0.1, 0.15) is 25.7 Å². The Balaban J connectivity index is 2.60.